The number of fused-ring (bicyclic) bond motifs is 1. The lowest BCUT2D eigenvalue weighted by Crippen LogP contribution is -2.08. The highest BCUT2D eigenvalue weighted by molar-refractivity contribution is 6.06. The van der Waals surface area contributed by atoms with Crippen molar-refractivity contribution in [3.05, 3.63) is 53.1 Å². The van der Waals surface area contributed by atoms with E-state index in [-0.39, 0.29) is 11.5 Å². The fourth-order valence-corrected chi connectivity index (χ4v) is 3.97. The van der Waals surface area contributed by atoms with Gasteiger partial charge in [-0.25, -0.2) is 28.1 Å². The van der Waals surface area contributed by atoms with Gasteiger partial charge in [-0.2, -0.15) is 10.2 Å². The molecule has 4 heterocycles. The summed E-state index contributed by atoms with van der Waals surface area (Å²) in [5.74, 6) is 1.60. The van der Waals surface area contributed by atoms with E-state index in [1.807, 2.05) is 29.9 Å². The number of aromatic nitrogens is 5. The average Bonchev–Trinajstić information content (AvgIpc) is 3.21. The minimum Gasteiger partial charge on any atom is -0.390 e. The van der Waals surface area contributed by atoms with Crippen molar-refractivity contribution < 1.29 is 8.78 Å². The van der Waals surface area contributed by atoms with E-state index < -0.39 is 6.43 Å². The number of allylic oxidation sites excluding steroid dienone is 1. The molecule has 8 nitrogen and oxygen atoms in total. The molecule has 1 aliphatic heterocycles. The van der Waals surface area contributed by atoms with Crippen LogP contribution < -0.4 is 5.73 Å². The summed E-state index contributed by atoms with van der Waals surface area (Å²) in [6.07, 6.45) is 4.72. The molecule has 2 aliphatic rings. The highest BCUT2D eigenvalue weighted by Crippen LogP contribution is 2.39. The topological polar surface area (TPSA) is 99.3 Å². The first-order valence-corrected chi connectivity index (χ1v) is 10.8. The maximum atomic E-state index is 13.6. The van der Waals surface area contributed by atoms with E-state index in [1.54, 1.807) is 13.0 Å². The number of aryl methyl sites for hydroxylation is 2. The van der Waals surface area contributed by atoms with Gasteiger partial charge in [0.1, 0.15) is 5.69 Å². The molecule has 1 fully saturated rings. The van der Waals surface area contributed by atoms with Crippen molar-refractivity contribution in [2.75, 3.05) is 0 Å². The number of hydrogen-bond donors (Lipinski definition) is 1. The van der Waals surface area contributed by atoms with Crippen LogP contribution in [-0.4, -0.2) is 36.6 Å². The zero-order chi connectivity index (χ0) is 23.1. The lowest BCUT2D eigenvalue weighted by atomic mass is 10.1. The van der Waals surface area contributed by atoms with Crippen molar-refractivity contribution in [3.63, 3.8) is 0 Å². The first-order chi connectivity index (χ1) is 15.9. The monoisotopic (exact) mass is 450 g/mol. The van der Waals surface area contributed by atoms with E-state index in [9.17, 15) is 8.78 Å². The van der Waals surface area contributed by atoms with Crippen LogP contribution in [0.2, 0.25) is 0 Å². The molecule has 1 aliphatic carbocycles. The van der Waals surface area contributed by atoms with E-state index >= 15 is 0 Å². The minimum atomic E-state index is -2.70. The predicted molar refractivity (Wildman–Crippen MR) is 123 cm³/mol. The van der Waals surface area contributed by atoms with E-state index in [0.717, 1.165) is 45.9 Å². The van der Waals surface area contributed by atoms with E-state index in [4.69, 9.17) is 15.8 Å². The van der Waals surface area contributed by atoms with E-state index in [0.29, 0.717) is 23.7 Å². The van der Waals surface area contributed by atoms with Crippen LogP contribution in [0.4, 0.5) is 14.6 Å². The SMILES string of the molecule is Cc1ccc(-c2nn(CC3CC3)c3c2CC(C=C(N=CN)n2nc(C)cc2C(F)F)=N3)cn1. The molecule has 5 rings (SSSR count). The molecule has 3 aromatic heterocycles. The van der Waals surface area contributed by atoms with Crippen molar-refractivity contribution in [1.82, 2.24) is 24.5 Å². The second-order valence-electron chi connectivity index (χ2n) is 8.45. The smallest absolute Gasteiger partial charge is 0.280 e. The summed E-state index contributed by atoms with van der Waals surface area (Å²) >= 11 is 0. The molecular weight excluding hydrogens is 426 g/mol. The Balaban J connectivity index is 1.55. The number of halogens is 2. The fourth-order valence-electron chi connectivity index (χ4n) is 3.97. The second kappa shape index (κ2) is 8.34. The highest BCUT2D eigenvalue weighted by Gasteiger charge is 2.29. The van der Waals surface area contributed by atoms with Crippen LogP contribution >= 0.6 is 0 Å². The van der Waals surface area contributed by atoms with Crippen molar-refractivity contribution in [1.29, 1.82) is 0 Å². The van der Waals surface area contributed by atoms with E-state index in [2.05, 4.69) is 15.1 Å². The molecule has 170 valence electrons. The Bertz CT molecular complexity index is 1280. The number of hydrogen-bond acceptors (Lipinski definition) is 5. The normalized spacial score (nSPS) is 16.2. The Morgan fingerprint density at radius 3 is 2.73 bits per heavy atom. The van der Waals surface area contributed by atoms with Crippen LogP contribution in [0.5, 0.6) is 0 Å². The van der Waals surface area contributed by atoms with Gasteiger partial charge in [0, 0.05) is 42.1 Å². The Labute approximate surface area is 189 Å². The first-order valence-electron chi connectivity index (χ1n) is 10.8. The molecule has 0 bridgehead atoms. The van der Waals surface area contributed by atoms with Crippen molar-refractivity contribution in [2.24, 2.45) is 21.6 Å². The summed E-state index contributed by atoms with van der Waals surface area (Å²) in [7, 11) is 0. The number of aliphatic imine (C=N–C) groups is 2. The molecule has 33 heavy (non-hydrogen) atoms. The summed E-state index contributed by atoms with van der Waals surface area (Å²) in [6, 6.07) is 5.30. The third kappa shape index (κ3) is 4.20. The Hall–Kier alpha value is -3.69. The standard InChI is InChI=1S/C23H24F2N8/c1-13-3-6-16(10-27-13)21-18-8-17(29-23(18)32(31-21)11-15-4-5-15)9-20(28-12-26)33-19(22(24)25)7-14(2)30-33/h3,6-7,9-10,12,15,22H,4-5,8,11H2,1-2H3,(H2,26,28). The van der Waals surface area contributed by atoms with Crippen LogP contribution in [0.15, 0.2) is 40.5 Å². The number of pyridine rings is 1. The molecule has 10 heteroatoms. The van der Waals surface area contributed by atoms with Crippen molar-refractivity contribution in [3.8, 4) is 11.3 Å². The zero-order valence-corrected chi connectivity index (χ0v) is 18.4. The highest BCUT2D eigenvalue weighted by atomic mass is 19.3. The summed E-state index contributed by atoms with van der Waals surface area (Å²) in [4.78, 5) is 13.3. The minimum absolute atomic E-state index is 0.185. The molecule has 0 atom stereocenters. The van der Waals surface area contributed by atoms with Gasteiger partial charge in [-0.05, 0) is 50.8 Å². The zero-order valence-electron chi connectivity index (χ0n) is 18.4. The molecule has 2 N–H and O–H groups in total. The van der Waals surface area contributed by atoms with Crippen molar-refractivity contribution >= 4 is 23.7 Å². The van der Waals surface area contributed by atoms with Gasteiger partial charge in [0.2, 0.25) is 0 Å². The molecule has 1 saturated carbocycles. The lowest BCUT2D eigenvalue weighted by molar-refractivity contribution is 0.143. The van der Waals surface area contributed by atoms with Gasteiger partial charge in [0.05, 0.1) is 23.4 Å². The van der Waals surface area contributed by atoms with Gasteiger partial charge in [-0.1, -0.05) is 0 Å². The largest absolute Gasteiger partial charge is 0.390 e. The summed E-state index contributed by atoms with van der Waals surface area (Å²) in [5.41, 5.74) is 10.1. The summed E-state index contributed by atoms with van der Waals surface area (Å²) in [5, 5.41) is 9.03. The molecule has 0 radical (unpaired) electrons. The third-order valence-electron chi connectivity index (χ3n) is 5.74. The van der Waals surface area contributed by atoms with Crippen LogP contribution in [0.3, 0.4) is 0 Å². The quantitative estimate of drug-likeness (QED) is 0.430. The van der Waals surface area contributed by atoms with Gasteiger partial charge in [0.25, 0.3) is 6.43 Å². The number of nitrogens with zero attached hydrogens (tertiary/aromatic N) is 7. The fraction of sp³-hybridized carbons (Fsp3) is 0.348. The number of nitrogens with two attached hydrogens (primary N) is 1. The predicted octanol–water partition coefficient (Wildman–Crippen LogP) is 4.22. The van der Waals surface area contributed by atoms with Gasteiger partial charge in [-0.15, -0.1) is 0 Å². The van der Waals surface area contributed by atoms with Crippen LogP contribution in [0.1, 0.15) is 41.9 Å². The maximum Gasteiger partial charge on any atom is 0.280 e. The summed E-state index contributed by atoms with van der Waals surface area (Å²) < 4.78 is 30.2. The third-order valence-corrected chi connectivity index (χ3v) is 5.74. The van der Waals surface area contributed by atoms with Crippen molar-refractivity contribution in [2.45, 2.75) is 46.1 Å². The Morgan fingerprint density at radius 1 is 1.24 bits per heavy atom. The maximum absolute atomic E-state index is 13.6. The Kier molecular flexibility index (Phi) is 5.35. The average molecular weight is 450 g/mol. The van der Waals surface area contributed by atoms with Crippen LogP contribution in [0, 0.1) is 19.8 Å². The van der Waals surface area contributed by atoms with E-state index in [1.165, 1.54) is 18.9 Å². The molecule has 0 aromatic carbocycles. The first kappa shape index (κ1) is 21.2. The van der Waals surface area contributed by atoms with Crippen LogP contribution in [-0.2, 0) is 13.0 Å². The number of alkyl halides is 2. The van der Waals surface area contributed by atoms with Gasteiger partial charge in [-0.3, -0.25) is 4.98 Å². The Morgan fingerprint density at radius 2 is 2.06 bits per heavy atom. The van der Waals surface area contributed by atoms with Gasteiger partial charge < -0.3 is 5.73 Å². The molecule has 0 saturated heterocycles. The molecule has 0 unspecified atom stereocenters. The van der Waals surface area contributed by atoms with Gasteiger partial charge in [0.15, 0.2) is 11.6 Å². The summed E-state index contributed by atoms with van der Waals surface area (Å²) in [6.45, 7) is 4.41. The lowest BCUT2D eigenvalue weighted by Gasteiger charge is -2.07. The molecule has 3 aromatic rings. The molecule has 0 amide bonds. The van der Waals surface area contributed by atoms with Gasteiger partial charge >= 0.3 is 0 Å². The molecular formula is C23H24F2N8. The van der Waals surface area contributed by atoms with Crippen LogP contribution in [0.25, 0.3) is 17.1 Å². The second-order valence-corrected chi connectivity index (χ2v) is 8.45. The number of rotatable bonds is 7. The molecule has 0 spiro atoms.